The largest absolute Gasteiger partial charge is 0.377 e. The summed E-state index contributed by atoms with van der Waals surface area (Å²) in [5, 5.41) is 11.7. The normalized spacial score (nSPS) is 11.1. The van der Waals surface area contributed by atoms with Crippen molar-refractivity contribution < 1.29 is 4.74 Å². The lowest BCUT2D eigenvalue weighted by Gasteiger charge is -2.09. The molecule has 2 aromatic heterocycles. The highest BCUT2D eigenvalue weighted by Crippen LogP contribution is 2.13. The molecule has 0 aliphatic heterocycles. The second-order valence-electron chi connectivity index (χ2n) is 5.29. The fourth-order valence-corrected chi connectivity index (χ4v) is 2.12. The first kappa shape index (κ1) is 15.4. The fourth-order valence-electron chi connectivity index (χ4n) is 2.12. The van der Waals surface area contributed by atoms with Gasteiger partial charge in [-0.15, -0.1) is 10.2 Å². The Balaban J connectivity index is 2.09. The van der Waals surface area contributed by atoms with Gasteiger partial charge in [-0.25, -0.2) is 9.97 Å². The number of aryl methyl sites for hydroxylation is 1. The van der Waals surface area contributed by atoms with Gasteiger partial charge < -0.3 is 14.6 Å². The third-order valence-corrected chi connectivity index (χ3v) is 3.12. The van der Waals surface area contributed by atoms with Crippen LogP contribution >= 0.6 is 0 Å². The van der Waals surface area contributed by atoms with Crippen molar-refractivity contribution >= 4 is 5.82 Å². The third kappa shape index (κ3) is 3.75. The van der Waals surface area contributed by atoms with E-state index < -0.39 is 0 Å². The molecular weight excluding hydrogens is 268 g/mol. The Bertz CT molecular complexity index is 608. The van der Waals surface area contributed by atoms with Gasteiger partial charge in [-0.3, -0.25) is 0 Å². The standard InChI is InChI=1S/C14H22N6O/c1-9(2)14-19-18-13(20(14)4)7-15-11-6-10(3)16-12(17-11)8-21-5/h6,9H,7-8H2,1-5H3,(H,15,16,17). The van der Waals surface area contributed by atoms with E-state index in [0.717, 1.165) is 23.2 Å². The monoisotopic (exact) mass is 290 g/mol. The lowest BCUT2D eigenvalue weighted by atomic mass is 10.2. The van der Waals surface area contributed by atoms with Gasteiger partial charge in [-0.1, -0.05) is 13.8 Å². The van der Waals surface area contributed by atoms with Gasteiger partial charge >= 0.3 is 0 Å². The maximum Gasteiger partial charge on any atom is 0.156 e. The molecule has 1 N–H and O–H groups in total. The Labute approximate surface area is 124 Å². The molecule has 0 saturated carbocycles. The van der Waals surface area contributed by atoms with Crippen molar-refractivity contribution in [3.8, 4) is 0 Å². The summed E-state index contributed by atoms with van der Waals surface area (Å²) in [6, 6.07) is 1.90. The molecule has 0 bridgehead atoms. The molecule has 2 aromatic rings. The molecule has 21 heavy (non-hydrogen) atoms. The van der Waals surface area contributed by atoms with Gasteiger partial charge in [0.15, 0.2) is 11.6 Å². The van der Waals surface area contributed by atoms with Crippen LogP contribution in [0.25, 0.3) is 0 Å². The van der Waals surface area contributed by atoms with Crippen LogP contribution in [0.3, 0.4) is 0 Å². The molecule has 0 atom stereocenters. The Morgan fingerprint density at radius 1 is 1.29 bits per heavy atom. The van der Waals surface area contributed by atoms with E-state index in [1.165, 1.54) is 0 Å². The molecule has 2 rings (SSSR count). The second kappa shape index (κ2) is 6.62. The van der Waals surface area contributed by atoms with Crippen molar-refractivity contribution in [2.24, 2.45) is 7.05 Å². The fraction of sp³-hybridized carbons (Fsp3) is 0.571. The predicted octanol–water partition coefficient (Wildman–Crippen LogP) is 1.80. The number of rotatable bonds is 6. The zero-order valence-corrected chi connectivity index (χ0v) is 13.2. The van der Waals surface area contributed by atoms with E-state index in [2.05, 4.69) is 39.3 Å². The Kier molecular flexibility index (Phi) is 4.85. The molecule has 7 heteroatoms. The van der Waals surface area contributed by atoms with Crippen LogP contribution in [-0.2, 0) is 24.9 Å². The molecule has 0 aromatic carbocycles. The van der Waals surface area contributed by atoms with E-state index in [9.17, 15) is 0 Å². The van der Waals surface area contributed by atoms with Crippen molar-refractivity contribution in [3.05, 3.63) is 29.2 Å². The highest BCUT2D eigenvalue weighted by atomic mass is 16.5. The smallest absolute Gasteiger partial charge is 0.156 e. The average molecular weight is 290 g/mol. The number of hydrogen-bond acceptors (Lipinski definition) is 6. The maximum absolute atomic E-state index is 5.07. The minimum Gasteiger partial charge on any atom is -0.377 e. The van der Waals surface area contributed by atoms with E-state index >= 15 is 0 Å². The lowest BCUT2D eigenvalue weighted by Crippen LogP contribution is -2.10. The van der Waals surface area contributed by atoms with Crippen LogP contribution in [-0.4, -0.2) is 31.8 Å². The number of aromatic nitrogens is 5. The molecular formula is C14H22N6O. The second-order valence-corrected chi connectivity index (χ2v) is 5.29. The van der Waals surface area contributed by atoms with Gasteiger partial charge in [0.05, 0.1) is 6.54 Å². The van der Waals surface area contributed by atoms with Crippen molar-refractivity contribution in [1.29, 1.82) is 0 Å². The van der Waals surface area contributed by atoms with Crippen molar-refractivity contribution in [1.82, 2.24) is 24.7 Å². The number of hydrogen-bond donors (Lipinski definition) is 1. The summed E-state index contributed by atoms with van der Waals surface area (Å²) in [4.78, 5) is 8.72. The van der Waals surface area contributed by atoms with E-state index in [1.54, 1.807) is 7.11 Å². The summed E-state index contributed by atoms with van der Waals surface area (Å²) in [6.07, 6.45) is 0. The molecule has 2 heterocycles. The third-order valence-electron chi connectivity index (χ3n) is 3.12. The first-order valence-electron chi connectivity index (χ1n) is 6.96. The molecule has 7 nitrogen and oxygen atoms in total. The SMILES string of the molecule is COCc1nc(C)cc(NCc2nnc(C(C)C)n2C)n1. The first-order chi connectivity index (χ1) is 10.0. The molecule has 0 radical (unpaired) electrons. The lowest BCUT2D eigenvalue weighted by molar-refractivity contribution is 0.177. The molecule has 0 aliphatic carbocycles. The topological polar surface area (TPSA) is 77.8 Å². The number of methoxy groups -OCH3 is 1. The summed E-state index contributed by atoms with van der Waals surface area (Å²) in [6.45, 7) is 7.11. The van der Waals surface area contributed by atoms with Crippen LogP contribution < -0.4 is 5.32 Å². The van der Waals surface area contributed by atoms with Gasteiger partial charge in [0.25, 0.3) is 0 Å². The minimum absolute atomic E-state index is 0.353. The van der Waals surface area contributed by atoms with E-state index in [0.29, 0.717) is 24.9 Å². The van der Waals surface area contributed by atoms with Crippen LogP contribution in [0, 0.1) is 6.92 Å². The Morgan fingerprint density at radius 3 is 2.67 bits per heavy atom. The van der Waals surface area contributed by atoms with Gasteiger partial charge in [-0.05, 0) is 6.92 Å². The van der Waals surface area contributed by atoms with Crippen LogP contribution in [0.5, 0.6) is 0 Å². The highest BCUT2D eigenvalue weighted by molar-refractivity contribution is 5.35. The first-order valence-corrected chi connectivity index (χ1v) is 6.96. The molecule has 0 spiro atoms. The number of ether oxygens (including phenoxy) is 1. The van der Waals surface area contributed by atoms with Gasteiger partial charge in [0.1, 0.15) is 18.2 Å². The summed E-state index contributed by atoms with van der Waals surface area (Å²) >= 11 is 0. The van der Waals surface area contributed by atoms with Gasteiger partial charge in [0, 0.05) is 31.8 Å². The highest BCUT2D eigenvalue weighted by Gasteiger charge is 2.11. The summed E-state index contributed by atoms with van der Waals surface area (Å²) < 4.78 is 7.09. The number of nitrogens with zero attached hydrogens (tertiary/aromatic N) is 5. The number of anilines is 1. The molecule has 0 fully saturated rings. The van der Waals surface area contributed by atoms with Crippen LogP contribution in [0.15, 0.2) is 6.07 Å². The Hall–Kier alpha value is -2.02. The van der Waals surface area contributed by atoms with Crippen LogP contribution in [0.2, 0.25) is 0 Å². The van der Waals surface area contributed by atoms with Gasteiger partial charge in [-0.2, -0.15) is 0 Å². The van der Waals surface area contributed by atoms with Crippen LogP contribution in [0.4, 0.5) is 5.82 Å². The van der Waals surface area contributed by atoms with Crippen molar-refractivity contribution in [3.63, 3.8) is 0 Å². The Morgan fingerprint density at radius 2 is 2.05 bits per heavy atom. The maximum atomic E-state index is 5.07. The molecule has 0 unspecified atom stereocenters. The zero-order chi connectivity index (χ0) is 15.4. The number of nitrogens with one attached hydrogen (secondary N) is 1. The van der Waals surface area contributed by atoms with E-state index in [1.807, 2.05) is 24.6 Å². The van der Waals surface area contributed by atoms with E-state index in [4.69, 9.17) is 4.74 Å². The van der Waals surface area contributed by atoms with Crippen molar-refractivity contribution in [2.45, 2.75) is 39.8 Å². The summed E-state index contributed by atoms with van der Waals surface area (Å²) in [5.41, 5.74) is 0.903. The summed E-state index contributed by atoms with van der Waals surface area (Å²) in [7, 11) is 3.61. The minimum atomic E-state index is 0.353. The quantitative estimate of drug-likeness (QED) is 0.874. The average Bonchev–Trinajstić information content (AvgIpc) is 2.77. The van der Waals surface area contributed by atoms with Crippen LogP contribution in [0.1, 0.15) is 42.9 Å². The molecule has 114 valence electrons. The van der Waals surface area contributed by atoms with Gasteiger partial charge in [0.2, 0.25) is 0 Å². The molecule has 0 aliphatic rings. The predicted molar refractivity (Wildman–Crippen MR) is 79.9 cm³/mol. The van der Waals surface area contributed by atoms with Crippen molar-refractivity contribution in [2.75, 3.05) is 12.4 Å². The molecule has 0 amide bonds. The van der Waals surface area contributed by atoms with E-state index in [-0.39, 0.29) is 0 Å². The summed E-state index contributed by atoms with van der Waals surface area (Å²) in [5.74, 6) is 3.64. The zero-order valence-electron chi connectivity index (χ0n) is 13.2. The molecule has 0 saturated heterocycles.